The molecule has 0 aliphatic carbocycles. The molecule has 0 aromatic heterocycles. The van der Waals surface area contributed by atoms with Crippen molar-refractivity contribution >= 4 is 31.9 Å². The zero-order valence-corrected chi connectivity index (χ0v) is 16.4. The predicted octanol–water partition coefficient (Wildman–Crippen LogP) is 2.33. The van der Waals surface area contributed by atoms with E-state index in [1.54, 1.807) is 41.3 Å². The minimum absolute atomic E-state index is 0.108. The number of amides is 1. The summed E-state index contributed by atoms with van der Waals surface area (Å²) in [5.41, 5.74) is 0.602. The van der Waals surface area contributed by atoms with Gasteiger partial charge in [0.05, 0.1) is 18.1 Å². The van der Waals surface area contributed by atoms with Gasteiger partial charge in [0.1, 0.15) is 6.04 Å². The molecule has 0 radical (unpaired) electrons. The van der Waals surface area contributed by atoms with E-state index in [9.17, 15) is 13.2 Å². The van der Waals surface area contributed by atoms with Crippen molar-refractivity contribution < 1.29 is 17.9 Å². The molecule has 0 bridgehead atoms. The molecular formula is C18H19BrN2O4S. The van der Waals surface area contributed by atoms with Crippen LogP contribution in [0.2, 0.25) is 0 Å². The van der Waals surface area contributed by atoms with E-state index in [1.807, 2.05) is 6.07 Å². The summed E-state index contributed by atoms with van der Waals surface area (Å²) >= 11 is 3.29. The number of carbonyl (C=O) groups is 1. The molecular weight excluding hydrogens is 420 g/mol. The first-order chi connectivity index (χ1) is 12.5. The molecule has 0 saturated carbocycles. The number of morpholine rings is 1. The lowest BCUT2D eigenvalue weighted by atomic mass is 10.1. The molecule has 2 aromatic carbocycles. The second-order valence-electron chi connectivity index (χ2n) is 5.86. The van der Waals surface area contributed by atoms with Gasteiger partial charge < -0.3 is 9.64 Å². The van der Waals surface area contributed by atoms with Crippen molar-refractivity contribution in [2.45, 2.75) is 10.9 Å². The van der Waals surface area contributed by atoms with Crippen LogP contribution in [0, 0.1) is 0 Å². The average Bonchev–Trinajstić information content (AvgIpc) is 2.67. The Morgan fingerprint density at radius 2 is 1.65 bits per heavy atom. The smallest absolute Gasteiger partial charge is 0.245 e. The van der Waals surface area contributed by atoms with E-state index in [0.29, 0.717) is 31.9 Å². The van der Waals surface area contributed by atoms with E-state index in [1.165, 1.54) is 12.1 Å². The van der Waals surface area contributed by atoms with Crippen LogP contribution in [0.15, 0.2) is 64.0 Å². The van der Waals surface area contributed by atoms with Gasteiger partial charge in [-0.1, -0.05) is 46.3 Å². The van der Waals surface area contributed by atoms with E-state index in [4.69, 9.17) is 4.74 Å². The summed E-state index contributed by atoms with van der Waals surface area (Å²) in [4.78, 5) is 14.7. The van der Waals surface area contributed by atoms with Crippen LogP contribution in [0.5, 0.6) is 0 Å². The number of ether oxygens (including phenoxy) is 1. The van der Waals surface area contributed by atoms with Gasteiger partial charge in [-0.25, -0.2) is 8.42 Å². The molecule has 26 heavy (non-hydrogen) atoms. The summed E-state index contributed by atoms with van der Waals surface area (Å²) in [7, 11) is -3.86. The number of hydrogen-bond acceptors (Lipinski definition) is 4. The molecule has 138 valence electrons. The average molecular weight is 439 g/mol. The Bertz CT molecular complexity index is 851. The fourth-order valence-electron chi connectivity index (χ4n) is 2.71. The second kappa shape index (κ2) is 8.30. The van der Waals surface area contributed by atoms with Gasteiger partial charge in [-0.3, -0.25) is 4.79 Å². The maximum Gasteiger partial charge on any atom is 0.245 e. The standard InChI is InChI=1S/C18H19BrN2O4S/c19-15-6-8-16(9-7-15)26(23,24)20-17(14-4-2-1-3-5-14)18(22)21-10-12-25-13-11-21/h1-9,17,20H,10-13H2/t17-/m0/s1. The zero-order chi connectivity index (χ0) is 18.6. The largest absolute Gasteiger partial charge is 0.378 e. The molecule has 1 N–H and O–H groups in total. The number of carbonyl (C=O) groups excluding carboxylic acids is 1. The van der Waals surface area contributed by atoms with Crippen LogP contribution < -0.4 is 4.72 Å². The number of halogens is 1. The van der Waals surface area contributed by atoms with Crippen LogP contribution in [-0.4, -0.2) is 45.5 Å². The molecule has 1 fully saturated rings. The Labute approximate surface area is 161 Å². The first kappa shape index (κ1) is 19.0. The summed E-state index contributed by atoms with van der Waals surface area (Å²) < 4.78 is 34.2. The third-order valence-corrected chi connectivity index (χ3v) is 6.07. The van der Waals surface area contributed by atoms with E-state index in [0.717, 1.165) is 4.47 Å². The fourth-order valence-corrected chi connectivity index (χ4v) is 4.15. The molecule has 1 aliphatic rings. The van der Waals surface area contributed by atoms with Crippen LogP contribution in [0.3, 0.4) is 0 Å². The highest BCUT2D eigenvalue weighted by atomic mass is 79.9. The predicted molar refractivity (Wildman–Crippen MR) is 101 cm³/mol. The first-order valence-electron chi connectivity index (χ1n) is 8.17. The van der Waals surface area contributed by atoms with Crippen LogP contribution in [0.4, 0.5) is 0 Å². The van der Waals surface area contributed by atoms with Crippen molar-refractivity contribution in [3.63, 3.8) is 0 Å². The summed E-state index contributed by atoms with van der Waals surface area (Å²) in [5.74, 6) is -0.278. The molecule has 1 heterocycles. The fraction of sp³-hybridized carbons (Fsp3) is 0.278. The summed E-state index contributed by atoms with van der Waals surface area (Å²) in [6.45, 7) is 1.80. The monoisotopic (exact) mass is 438 g/mol. The van der Waals surface area contributed by atoms with Crippen molar-refractivity contribution in [1.82, 2.24) is 9.62 Å². The lowest BCUT2D eigenvalue weighted by molar-refractivity contribution is -0.137. The molecule has 1 aliphatic heterocycles. The van der Waals surface area contributed by atoms with E-state index in [-0.39, 0.29) is 10.8 Å². The lowest BCUT2D eigenvalue weighted by Gasteiger charge is -2.30. The summed E-state index contributed by atoms with van der Waals surface area (Å²) in [6, 6.07) is 14.2. The van der Waals surface area contributed by atoms with Crippen LogP contribution in [-0.2, 0) is 19.6 Å². The van der Waals surface area contributed by atoms with E-state index < -0.39 is 16.1 Å². The number of rotatable bonds is 5. The maximum absolute atomic E-state index is 13.0. The summed E-state index contributed by atoms with van der Waals surface area (Å²) in [6.07, 6.45) is 0. The van der Waals surface area contributed by atoms with Gasteiger partial charge in [0.2, 0.25) is 15.9 Å². The Morgan fingerprint density at radius 1 is 1.04 bits per heavy atom. The van der Waals surface area contributed by atoms with Gasteiger partial charge in [-0.2, -0.15) is 4.72 Å². The highest BCUT2D eigenvalue weighted by Crippen LogP contribution is 2.21. The van der Waals surface area contributed by atoms with Gasteiger partial charge in [0, 0.05) is 17.6 Å². The number of nitrogens with one attached hydrogen (secondary N) is 1. The topological polar surface area (TPSA) is 75.7 Å². The van der Waals surface area contributed by atoms with Crippen molar-refractivity contribution in [1.29, 1.82) is 0 Å². The molecule has 3 rings (SSSR count). The van der Waals surface area contributed by atoms with Gasteiger partial charge >= 0.3 is 0 Å². The highest BCUT2D eigenvalue weighted by Gasteiger charge is 2.31. The quantitative estimate of drug-likeness (QED) is 0.776. The molecule has 0 unspecified atom stereocenters. The third-order valence-electron chi connectivity index (χ3n) is 4.10. The van der Waals surface area contributed by atoms with Gasteiger partial charge in [0.25, 0.3) is 0 Å². The molecule has 1 amide bonds. The van der Waals surface area contributed by atoms with Gasteiger partial charge in [0.15, 0.2) is 0 Å². The Hall–Kier alpha value is -1.74. The number of benzene rings is 2. The number of nitrogens with zero attached hydrogens (tertiary/aromatic N) is 1. The van der Waals surface area contributed by atoms with E-state index >= 15 is 0 Å². The lowest BCUT2D eigenvalue weighted by Crippen LogP contribution is -2.47. The Kier molecular flexibility index (Phi) is 6.08. The van der Waals surface area contributed by atoms with Crippen molar-refractivity contribution in [3.05, 3.63) is 64.6 Å². The van der Waals surface area contributed by atoms with Gasteiger partial charge in [-0.05, 0) is 29.8 Å². The van der Waals surface area contributed by atoms with Crippen molar-refractivity contribution in [2.24, 2.45) is 0 Å². The normalized spacial score (nSPS) is 16.3. The summed E-state index contributed by atoms with van der Waals surface area (Å²) in [5, 5.41) is 0. The Balaban J connectivity index is 1.90. The SMILES string of the molecule is O=C([C@@H](NS(=O)(=O)c1ccc(Br)cc1)c1ccccc1)N1CCOCC1. The minimum atomic E-state index is -3.86. The molecule has 8 heteroatoms. The molecule has 0 spiro atoms. The molecule has 1 saturated heterocycles. The number of hydrogen-bond donors (Lipinski definition) is 1. The zero-order valence-electron chi connectivity index (χ0n) is 14.0. The molecule has 2 aromatic rings. The minimum Gasteiger partial charge on any atom is -0.378 e. The van der Waals surface area contributed by atoms with Gasteiger partial charge in [-0.15, -0.1) is 0 Å². The van der Waals surface area contributed by atoms with E-state index in [2.05, 4.69) is 20.7 Å². The second-order valence-corrected chi connectivity index (χ2v) is 8.49. The Morgan fingerprint density at radius 3 is 2.27 bits per heavy atom. The number of sulfonamides is 1. The first-order valence-corrected chi connectivity index (χ1v) is 10.4. The van der Waals surface area contributed by atoms with Crippen LogP contribution >= 0.6 is 15.9 Å². The maximum atomic E-state index is 13.0. The van der Waals surface area contributed by atoms with Crippen molar-refractivity contribution in [2.75, 3.05) is 26.3 Å². The van der Waals surface area contributed by atoms with Crippen LogP contribution in [0.1, 0.15) is 11.6 Å². The third kappa shape index (κ3) is 4.50. The highest BCUT2D eigenvalue weighted by molar-refractivity contribution is 9.10. The van der Waals surface area contributed by atoms with Crippen molar-refractivity contribution in [3.8, 4) is 0 Å². The van der Waals surface area contributed by atoms with Crippen LogP contribution in [0.25, 0.3) is 0 Å². The molecule has 1 atom stereocenters. The molecule has 6 nitrogen and oxygen atoms in total.